The van der Waals surface area contributed by atoms with Gasteiger partial charge in [0.15, 0.2) is 0 Å². The van der Waals surface area contributed by atoms with Crippen LogP contribution >= 0.6 is 0 Å². The molecular weight excluding hydrogens is 248 g/mol. The average Bonchev–Trinajstić information content (AvgIpc) is 2.46. The maximum Gasteiger partial charge on any atom is 0.226 e. The predicted molar refractivity (Wildman–Crippen MR) is 79.2 cm³/mol. The third kappa shape index (κ3) is 2.09. The molecule has 5 fully saturated rings. The van der Waals surface area contributed by atoms with E-state index in [0.29, 0.717) is 17.9 Å². The Balaban J connectivity index is 1.47. The molecule has 5 rings (SSSR count). The molecule has 0 aromatic rings. The summed E-state index contributed by atoms with van der Waals surface area (Å²) in [6.07, 6.45) is 9.14. The number of carbonyl (C=O) groups is 1. The first-order valence-corrected chi connectivity index (χ1v) is 8.69. The summed E-state index contributed by atoms with van der Waals surface area (Å²) in [6, 6.07) is 0.487. The van der Waals surface area contributed by atoms with Crippen molar-refractivity contribution in [2.75, 3.05) is 20.1 Å². The molecule has 4 bridgehead atoms. The summed E-state index contributed by atoms with van der Waals surface area (Å²) in [6.45, 7) is 2.15. The van der Waals surface area contributed by atoms with Gasteiger partial charge in [-0.3, -0.25) is 4.79 Å². The minimum Gasteiger partial charge on any atom is -0.342 e. The van der Waals surface area contributed by atoms with Crippen LogP contribution in [0.15, 0.2) is 0 Å². The van der Waals surface area contributed by atoms with Gasteiger partial charge in [-0.15, -0.1) is 0 Å². The molecule has 0 radical (unpaired) electrons. The van der Waals surface area contributed by atoms with Crippen LogP contribution in [0.2, 0.25) is 0 Å². The molecule has 1 N–H and O–H groups in total. The van der Waals surface area contributed by atoms with Gasteiger partial charge in [0.1, 0.15) is 0 Å². The number of hydrogen-bond donors (Lipinski definition) is 1. The molecule has 20 heavy (non-hydrogen) atoms. The fourth-order valence-corrected chi connectivity index (χ4v) is 5.94. The van der Waals surface area contributed by atoms with E-state index in [2.05, 4.69) is 17.3 Å². The Morgan fingerprint density at radius 3 is 2.05 bits per heavy atom. The zero-order valence-corrected chi connectivity index (χ0v) is 12.7. The van der Waals surface area contributed by atoms with Crippen LogP contribution in [0.1, 0.15) is 44.9 Å². The molecule has 1 aliphatic heterocycles. The first-order chi connectivity index (χ1) is 9.72. The molecule has 1 saturated heterocycles. The zero-order valence-electron chi connectivity index (χ0n) is 12.7. The quantitative estimate of drug-likeness (QED) is 0.839. The molecule has 0 atom stereocenters. The Hall–Kier alpha value is -0.570. The second kappa shape index (κ2) is 5.01. The van der Waals surface area contributed by atoms with Crippen LogP contribution < -0.4 is 5.32 Å². The first-order valence-electron chi connectivity index (χ1n) is 8.69. The topological polar surface area (TPSA) is 32.3 Å². The van der Waals surface area contributed by atoms with Crippen LogP contribution in [0.4, 0.5) is 0 Å². The Morgan fingerprint density at radius 2 is 1.50 bits per heavy atom. The minimum atomic E-state index is 0.377. The standard InChI is InChI=1S/C17H28N2O/c1-19(15-2-4-18-5-3-15)17(20)16-13-7-11-6-12(9-13)10-14(16)8-11/h11-16,18H,2-10H2,1H3. The highest BCUT2D eigenvalue weighted by Crippen LogP contribution is 2.56. The van der Waals surface area contributed by atoms with Gasteiger partial charge >= 0.3 is 0 Å². The molecule has 1 heterocycles. The van der Waals surface area contributed by atoms with E-state index in [0.717, 1.165) is 49.6 Å². The van der Waals surface area contributed by atoms with E-state index in [1.165, 1.54) is 32.1 Å². The van der Waals surface area contributed by atoms with Gasteiger partial charge in [0.05, 0.1) is 0 Å². The van der Waals surface area contributed by atoms with Crippen LogP contribution in [0.25, 0.3) is 0 Å². The lowest BCUT2D eigenvalue weighted by molar-refractivity contribution is -0.150. The Morgan fingerprint density at radius 1 is 0.950 bits per heavy atom. The monoisotopic (exact) mass is 276 g/mol. The van der Waals surface area contributed by atoms with Gasteiger partial charge in [0.2, 0.25) is 5.91 Å². The first kappa shape index (κ1) is 13.1. The maximum atomic E-state index is 13.0. The van der Waals surface area contributed by atoms with Gasteiger partial charge in [-0.1, -0.05) is 0 Å². The third-order valence-corrected chi connectivity index (χ3v) is 6.72. The molecule has 0 spiro atoms. The normalized spacial score (nSPS) is 43.8. The van der Waals surface area contributed by atoms with E-state index in [1.807, 2.05) is 0 Å². The molecule has 1 amide bonds. The fraction of sp³-hybridized carbons (Fsp3) is 0.941. The molecule has 0 aromatic heterocycles. The number of amides is 1. The second-order valence-corrected chi connectivity index (χ2v) is 7.89. The third-order valence-electron chi connectivity index (χ3n) is 6.72. The van der Waals surface area contributed by atoms with Crippen LogP contribution in [0, 0.1) is 29.6 Å². The molecule has 3 nitrogen and oxygen atoms in total. The molecule has 4 aliphatic carbocycles. The zero-order chi connectivity index (χ0) is 13.7. The summed E-state index contributed by atoms with van der Waals surface area (Å²) in [5.41, 5.74) is 0. The van der Waals surface area contributed by atoms with Crippen molar-refractivity contribution in [3.8, 4) is 0 Å². The van der Waals surface area contributed by atoms with E-state index < -0.39 is 0 Å². The summed E-state index contributed by atoms with van der Waals surface area (Å²) in [5, 5.41) is 3.40. The fourth-order valence-electron chi connectivity index (χ4n) is 5.94. The Bertz CT molecular complexity index is 360. The summed E-state index contributed by atoms with van der Waals surface area (Å²) < 4.78 is 0. The van der Waals surface area contributed by atoms with Gasteiger partial charge in [-0.05, 0) is 81.7 Å². The summed E-state index contributed by atoms with van der Waals surface area (Å²) >= 11 is 0. The van der Waals surface area contributed by atoms with Crippen molar-refractivity contribution in [2.24, 2.45) is 29.6 Å². The molecule has 3 heteroatoms. The van der Waals surface area contributed by atoms with Gasteiger partial charge in [0.25, 0.3) is 0 Å². The molecule has 0 aromatic carbocycles. The molecule has 0 unspecified atom stereocenters. The summed E-state index contributed by atoms with van der Waals surface area (Å²) in [4.78, 5) is 15.2. The number of carbonyl (C=O) groups excluding carboxylic acids is 1. The van der Waals surface area contributed by atoms with E-state index in [-0.39, 0.29) is 0 Å². The number of rotatable bonds is 2. The SMILES string of the molecule is CN(C(=O)C1C2CC3CC(C2)CC1C3)C1CCNCC1. The lowest BCUT2D eigenvalue weighted by Crippen LogP contribution is -2.54. The van der Waals surface area contributed by atoms with Gasteiger partial charge in [0, 0.05) is 19.0 Å². The number of piperidine rings is 1. The lowest BCUT2D eigenvalue weighted by Gasteiger charge is -2.54. The Labute approximate surface area is 122 Å². The second-order valence-electron chi connectivity index (χ2n) is 7.89. The number of nitrogens with zero attached hydrogens (tertiary/aromatic N) is 1. The van der Waals surface area contributed by atoms with Crippen molar-refractivity contribution >= 4 is 5.91 Å². The van der Waals surface area contributed by atoms with Gasteiger partial charge in [-0.2, -0.15) is 0 Å². The van der Waals surface area contributed by atoms with Crippen molar-refractivity contribution in [3.05, 3.63) is 0 Å². The van der Waals surface area contributed by atoms with E-state index >= 15 is 0 Å². The van der Waals surface area contributed by atoms with E-state index in [4.69, 9.17) is 0 Å². The highest BCUT2D eigenvalue weighted by Gasteiger charge is 2.51. The van der Waals surface area contributed by atoms with Crippen LogP contribution in [0.5, 0.6) is 0 Å². The van der Waals surface area contributed by atoms with Crippen LogP contribution in [0.3, 0.4) is 0 Å². The van der Waals surface area contributed by atoms with Crippen molar-refractivity contribution in [3.63, 3.8) is 0 Å². The number of hydrogen-bond acceptors (Lipinski definition) is 2. The smallest absolute Gasteiger partial charge is 0.226 e. The van der Waals surface area contributed by atoms with Crippen molar-refractivity contribution in [2.45, 2.75) is 51.0 Å². The van der Waals surface area contributed by atoms with Crippen molar-refractivity contribution in [1.29, 1.82) is 0 Å². The maximum absolute atomic E-state index is 13.0. The van der Waals surface area contributed by atoms with E-state index in [1.54, 1.807) is 0 Å². The summed E-state index contributed by atoms with van der Waals surface area (Å²) in [7, 11) is 2.07. The van der Waals surface area contributed by atoms with Gasteiger partial charge < -0.3 is 10.2 Å². The number of nitrogens with one attached hydrogen (secondary N) is 1. The average molecular weight is 276 g/mol. The highest BCUT2D eigenvalue weighted by molar-refractivity contribution is 5.80. The molecule has 112 valence electrons. The lowest BCUT2D eigenvalue weighted by atomic mass is 9.51. The molecule has 4 saturated carbocycles. The highest BCUT2D eigenvalue weighted by atomic mass is 16.2. The van der Waals surface area contributed by atoms with Crippen LogP contribution in [-0.4, -0.2) is 37.0 Å². The van der Waals surface area contributed by atoms with Crippen molar-refractivity contribution < 1.29 is 4.79 Å². The summed E-state index contributed by atoms with van der Waals surface area (Å²) in [5.74, 6) is 4.25. The van der Waals surface area contributed by atoms with Crippen LogP contribution in [-0.2, 0) is 4.79 Å². The predicted octanol–water partition coefficient (Wildman–Crippen LogP) is 2.27. The molecular formula is C17H28N2O. The minimum absolute atomic E-state index is 0.377. The van der Waals surface area contributed by atoms with Gasteiger partial charge in [-0.25, -0.2) is 0 Å². The molecule has 5 aliphatic rings. The largest absolute Gasteiger partial charge is 0.342 e. The van der Waals surface area contributed by atoms with E-state index in [9.17, 15) is 4.79 Å². The van der Waals surface area contributed by atoms with Crippen molar-refractivity contribution in [1.82, 2.24) is 10.2 Å². The Kier molecular flexibility index (Phi) is 3.29.